The van der Waals surface area contributed by atoms with E-state index in [1.54, 1.807) is 12.1 Å². The molecule has 0 saturated carbocycles. The van der Waals surface area contributed by atoms with E-state index in [2.05, 4.69) is 26.6 Å². The van der Waals surface area contributed by atoms with Gasteiger partial charge in [0.25, 0.3) is 5.69 Å². The topological polar surface area (TPSA) is 84.3 Å². The minimum absolute atomic E-state index is 0.00912. The predicted molar refractivity (Wildman–Crippen MR) is 77.1 cm³/mol. The van der Waals surface area contributed by atoms with Gasteiger partial charge in [0.1, 0.15) is 5.69 Å². The molecule has 1 aromatic carbocycles. The van der Waals surface area contributed by atoms with E-state index in [1.807, 2.05) is 13.8 Å². The molecule has 0 atom stereocenters. The Morgan fingerprint density at radius 1 is 1.47 bits per heavy atom. The van der Waals surface area contributed by atoms with E-state index in [0.717, 1.165) is 0 Å². The second-order valence-electron chi connectivity index (χ2n) is 4.47. The number of nitrogens with one attached hydrogen (secondary N) is 2. The summed E-state index contributed by atoms with van der Waals surface area (Å²) in [6.45, 7) is 4.58. The molecule has 1 amide bonds. The van der Waals surface area contributed by atoms with Crippen molar-refractivity contribution in [3.63, 3.8) is 0 Å². The molecule has 0 aliphatic rings. The van der Waals surface area contributed by atoms with Gasteiger partial charge < -0.3 is 10.6 Å². The van der Waals surface area contributed by atoms with E-state index in [1.165, 1.54) is 6.07 Å². The lowest BCUT2D eigenvalue weighted by Gasteiger charge is -2.09. The van der Waals surface area contributed by atoms with Gasteiger partial charge in [0, 0.05) is 17.1 Å². The minimum Gasteiger partial charge on any atom is -0.371 e. The van der Waals surface area contributed by atoms with Crippen LogP contribution >= 0.6 is 15.9 Å². The largest absolute Gasteiger partial charge is 0.371 e. The molecule has 0 bridgehead atoms. The first-order valence-corrected chi connectivity index (χ1v) is 6.64. The first kappa shape index (κ1) is 15.4. The summed E-state index contributed by atoms with van der Waals surface area (Å²) in [4.78, 5) is 21.9. The molecule has 1 aromatic rings. The summed E-state index contributed by atoms with van der Waals surface area (Å²) in [6, 6.07) is 4.65. The Morgan fingerprint density at radius 3 is 2.74 bits per heavy atom. The van der Waals surface area contributed by atoms with Gasteiger partial charge in [-0.25, -0.2) is 0 Å². The third kappa shape index (κ3) is 5.25. The summed E-state index contributed by atoms with van der Waals surface area (Å²) in [5, 5.41) is 16.4. The summed E-state index contributed by atoms with van der Waals surface area (Å²) >= 11 is 3.17. The molecule has 0 heterocycles. The van der Waals surface area contributed by atoms with Gasteiger partial charge in [0.15, 0.2) is 0 Å². The number of hydrogen-bond donors (Lipinski definition) is 2. The maximum Gasteiger partial charge on any atom is 0.293 e. The molecule has 7 heteroatoms. The zero-order valence-electron chi connectivity index (χ0n) is 10.8. The van der Waals surface area contributed by atoms with Crippen LogP contribution in [0.3, 0.4) is 0 Å². The molecule has 0 radical (unpaired) electrons. The number of halogens is 1. The van der Waals surface area contributed by atoms with Crippen LogP contribution in [0.25, 0.3) is 0 Å². The Hall–Kier alpha value is -1.63. The zero-order valence-corrected chi connectivity index (χ0v) is 12.4. The van der Waals surface area contributed by atoms with Crippen molar-refractivity contribution in [1.82, 2.24) is 5.32 Å². The third-order valence-electron chi connectivity index (χ3n) is 2.30. The van der Waals surface area contributed by atoms with Crippen LogP contribution < -0.4 is 10.6 Å². The van der Waals surface area contributed by atoms with E-state index < -0.39 is 4.92 Å². The lowest BCUT2D eigenvalue weighted by Crippen LogP contribution is -2.32. The van der Waals surface area contributed by atoms with Crippen LogP contribution in [0.5, 0.6) is 0 Å². The Bertz CT molecular complexity index is 477. The molecule has 1 rings (SSSR count). The van der Waals surface area contributed by atoms with Crippen molar-refractivity contribution < 1.29 is 9.72 Å². The first-order chi connectivity index (χ1) is 8.90. The Balaban J connectivity index is 2.62. The monoisotopic (exact) mass is 329 g/mol. The summed E-state index contributed by atoms with van der Waals surface area (Å²) < 4.78 is 0.619. The smallest absolute Gasteiger partial charge is 0.293 e. The highest BCUT2D eigenvalue weighted by Crippen LogP contribution is 2.27. The molecule has 0 fully saturated rings. The highest BCUT2D eigenvalue weighted by Gasteiger charge is 2.14. The SMILES string of the molecule is CC(C)CNC(=O)CNc1ccc(Br)cc1[N+](=O)[O-]. The first-order valence-electron chi connectivity index (χ1n) is 5.84. The van der Waals surface area contributed by atoms with Crippen molar-refractivity contribution in [3.05, 3.63) is 32.8 Å². The van der Waals surface area contributed by atoms with Crippen molar-refractivity contribution in [2.45, 2.75) is 13.8 Å². The Morgan fingerprint density at radius 2 is 2.16 bits per heavy atom. The van der Waals surface area contributed by atoms with Crippen molar-refractivity contribution in [2.75, 3.05) is 18.4 Å². The van der Waals surface area contributed by atoms with E-state index in [9.17, 15) is 14.9 Å². The zero-order chi connectivity index (χ0) is 14.4. The second-order valence-corrected chi connectivity index (χ2v) is 5.39. The number of nitrogens with zero attached hydrogens (tertiary/aromatic N) is 1. The van der Waals surface area contributed by atoms with Crippen LogP contribution in [0, 0.1) is 16.0 Å². The van der Waals surface area contributed by atoms with Crippen LogP contribution in [0.15, 0.2) is 22.7 Å². The van der Waals surface area contributed by atoms with Crippen LogP contribution in [-0.4, -0.2) is 23.9 Å². The number of rotatable bonds is 6. The summed E-state index contributed by atoms with van der Waals surface area (Å²) in [7, 11) is 0. The third-order valence-corrected chi connectivity index (χ3v) is 2.80. The molecule has 6 nitrogen and oxygen atoms in total. The maximum absolute atomic E-state index is 11.5. The number of benzene rings is 1. The average molecular weight is 330 g/mol. The van der Waals surface area contributed by atoms with E-state index in [4.69, 9.17) is 0 Å². The van der Waals surface area contributed by atoms with Crippen LogP contribution in [0.4, 0.5) is 11.4 Å². The van der Waals surface area contributed by atoms with Crippen LogP contribution in [0.1, 0.15) is 13.8 Å². The van der Waals surface area contributed by atoms with Gasteiger partial charge in [-0.1, -0.05) is 29.8 Å². The lowest BCUT2D eigenvalue weighted by molar-refractivity contribution is -0.384. The summed E-state index contributed by atoms with van der Waals surface area (Å²) in [5.74, 6) is 0.178. The van der Waals surface area contributed by atoms with Crippen molar-refractivity contribution in [1.29, 1.82) is 0 Å². The summed E-state index contributed by atoms with van der Waals surface area (Å²) in [6.07, 6.45) is 0. The standard InChI is InChI=1S/C12H16BrN3O3/c1-8(2)6-15-12(17)7-14-10-4-3-9(13)5-11(10)16(18)19/h3-5,8,14H,6-7H2,1-2H3,(H,15,17). The second kappa shape index (κ2) is 7.08. The fraction of sp³-hybridized carbons (Fsp3) is 0.417. The highest BCUT2D eigenvalue weighted by molar-refractivity contribution is 9.10. The molecule has 0 saturated heterocycles. The molecule has 0 spiro atoms. The summed E-state index contributed by atoms with van der Waals surface area (Å²) in [5.41, 5.74) is 0.263. The fourth-order valence-corrected chi connectivity index (χ4v) is 1.71. The van der Waals surface area contributed by atoms with E-state index in [-0.39, 0.29) is 18.1 Å². The van der Waals surface area contributed by atoms with E-state index >= 15 is 0 Å². The number of carbonyl (C=O) groups excluding carboxylic acids is 1. The molecular weight excluding hydrogens is 314 g/mol. The molecule has 0 aliphatic heterocycles. The molecule has 0 aliphatic carbocycles. The molecule has 0 unspecified atom stereocenters. The van der Waals surface area contributed by atoms with Gasteiger partial charge in [0.2, 0.25) is 5.91 Å². The highest BCUT2D eigenvalue weighted by atomic mass is 79.9. The van der Waals surface area contributed by atoms with Gasteiger partial charge in [-0.05, 0) is 18.1 Å². The maximum atomic E-state index is 11.5. The number of nitro benzene ring substituents is 1. The van der Waals surface area contributed by atoms with Gasteiger partial charge in [0.05, 0.1) is 11.5 Å². The quantitative estimate of drug-likeness (QED) is 0.620. The molecule has 0 aromatic heterocycles. The molecule has 2 N–H and O–H groups in total. The van der Waals surface area contributed by atoms with Crippen molar-refractivity contribution >= 4 is 33.2 Å². The van der Waals surface area contributed by atoms with Crippen molar-refractivity contribution in [3.8, 4) is 0 Å². The number of nitro groups is 1. The van der Waals surface area contributed by atoms with Gasteiger partial charge in [-0.3, -0.25) is 14.9 Å². The van der Waals surface area contributed by atoms with E-state index in [0.29, 0.717) is 22.6 Å². The Kier molecular flexibility index (Phi) is 5.75. The molecule has 19 heavy (non-hydrogen) atoms. The molecular formula is C12H16BrN3O3. The van der Waals surface area contributed by atoms with Gasteiger partial charge >= 0.3 is 0 Å². The number of amides is 1. The van der Waals surface area contributed by atoms with Gasteiger partial charge in [-0.15, -0.1) is 0 Å². The molecule has 104 valence electrons. The van der Waals surface area contributed by atoms with Crippen molar-refractivity contribution in [2.24, 2.45) is 5.92 Å². The van der Waals surface area contributed by atoms with Crippen LogP contribution in [0.2, 0.25) is 0 Å². The lowest BCUT2D eigenvalue weighted by atomic mass is 10.2. The number of carbonyl (C=O) groups is 1. The predicted octanol–water partition coefficient (Wildman–Crippen LogP) is 2.54. The number of anilines is 1. The Labute approximate surface area is 119 Å². The normalized spacial score (nSPS) is 10.3. The van der Waals surface area contributed by atoms with Gasteiger partial charge in [-0.2, -0.15) is 0 Å². The number of hydrogen-bond acceptors (Lipinski definition) is 4. The fourth-order valence-electron chi connectivity index (χ4n) is 1.36. The minimum atomic E-state index is -0.487. The van der Waals surface area contributed by atoms with Crippen LogP contribution in [-0.2, 0) is 4.79 Å². The average Bonchev–Trinajstić information content (AvgIpc) is 2.34.